The van der Waals surface area contributed by atoms with Crippen molar-refractivity contribution in [3.05, 3.63) is 34.9 Å². The summed E-state index contributed by atoms with van der Waals surface area (Å²) in [6.45, 7) is 5.18. The van der Waals surface area contributed by atoms with Crippen molar-refractivity contribution in [2.75, 3.05) is 6.54 Å². The Balaban J connectivity index is 2.20. The SMILES string of the molecule is Cc1ccc(C(O)C2CCCN2)c(C)c1. The van der Waals surface area contributed by atoms with Gasteiger partial charge in [0, 0.05) is 6.04 Å². The number of benzene rings is 1. The zero-order valence-corrected chi connectivity index (χ0v) is 9.46. The van der Waals surface area contributed by atoms with Gasteiger partial charge >= 0.3 is 0 Å². The molecule has 1 aliphatic rings. The molecule has 82 valence electrons. The van der Waals surface area contributed by atoms with Crippen molar-refractivity contribution in [1.82, 2.24) is 5.32 Å². The van der Waals surface area contributed by atoms with Gasteiger partial charge in [0.15, 0.2) is 0 Å². The van der Waals surface area contributed by atoms with Gasteiger partial charge in [0.2, 0.25) is 0 Å². The van der Waals surface area contributed by atoms with Gasteiger partial charge in [-0.25, -0.2) is 0 Å². The molecule has 0 spiro atoms. The lowest BCUT2D eigenvalue weighted by Crippen LogP contribution is -2.29. The molecule has 1 fully saturated rings. The van der Waals surface area contributed by atoms with E-state index in [1.165, 1.54) is 17.5 Å². The first kappa shape index (κ1) is 10.7. The molecular formula is C13H19NO. The Hall–Kier alpha value is -0.860. The predicted octanol–water partition coefficient (Wildman–Crippen LogP) is 2.09. The van der Waals surface area contributed by atoms with Crippen molar-refractivity contribution in [2.45, 2.75) is 38.8 Å². The lowest BCUT2D eigenvalue weighted by molar-refractivity contribution is 0.137. The summed E-state index contributed by atoms with van der Waals surface area (Å²) in [4.78, 5) is 0. The lowest BCUT2D eigenvalue weighted by Gasteiger charge is -2.20. The van der Waals surface area contributed by atoms with E-state index in [1.807, 2.05) is 0 Å². The van der Waals surface area contributed by atoms with E-state index < -0.39 is 0 Å². The second-order valence-electron chi connectivity index (χ2n) is 4.51. The summed E-state index contributed by atoms with van der Waals surface area (Å²) in [5.41, 5.74) is 3.51. The first-order valence-corrected chi connectivity index (χ1v) is 5.67. The Kier molecular flexibility index (Phi) is 3.08. The van der Waals surface area contributed by atoms with Crippen molar-refractivity contribution in [1.29, 1.82) is 0 Å². The van der Waals surface area contributed by atoms with Crippen LogP contribution in [-0.4, -0.2) is 17.7 Å². The zero-order chi connectivity index (χ0) is 10.8. The van der Waals surface area contributed by atoms with E-state index >= 15 is 0 Å². The van der Waals surface area contributed by atoms with E-state index in [0.717, 1.165) is 18.5 Å². The molecule has 1 aromatic carbocycles. The molecule has 0 bridgehead atoms. The first-order chi connectivity index (χ1) is 7.18. The molecule has 2 rings (SSSR count). The minimum atomic E-state index is -0.354. The average molecular weight is 205 g/mol. The first-order valence-electron chi connectivity index (χ1n) is 5.67. The maximum absolute atomic E-state index is 10.2. The van der Waals surface area contributed by atoms with Crippen LogP contribution in [-0.2, 0) is 0 Å². The topological polar surface area (TPSA) is 32.3 Å². The maximum atomic E-state index is 10.2. The molecule has 2 heteroatoms. The number of hydrogen-bond donors (Lipinski definition) is 2. The van der Waals surface area contributed by atoms with Crippen molar-refractivity contribution in [3.63, 3.8) is 0 Å². The fourth-order valence-electron chi connectivity index (χ4n) is 2.36. The fraction of sp³-hybridized carbons (Fsp3) is 0.538. The average Bonchev–Trinajstić information content (AvgIpc) is 2.69. The monoisotopic (exact) mass is 205 g/mol. The van der Waals surface area contributed by atoms with Crippen LogP contribution in [0, 0.1) is 13.8 Å². The second-order valence-corrected chi connectivity index (χ2v) is 4.51. The summed E-state index contributed by atoms with van der Waals surface area (Å²) in [6.07, 6.45) is 1.90. The number of hydrogen-bond acceptors (Lipinski definition) is 2. The molecule has 0 aliphatic carbocycles. The summed E-state index contributed by atoms with van der Waals surface area (Å²) in [6, 6.07) is 6.50. The van der Waals surface area contributed by atoms with Crippen molar-refractivity contribution >= 4 is 0 Å². The lowest BCUT2D eigenvalue weighted by atomic mass is 9.96. The second kappa shape index (κ2) is 4.33. The van der Waals surface area contributed by atoms with Gasteiger partial charge in [-0.15, -0.1) is 0 Å². The van der Waals surface area contributed by atoms with Crippen LogP contribution in [0.4, 0.5) is 0 Å². The Bertz CT molecular complexity index is 342. The van der Waals surface area contributed by atoms with E-state index in [2.05, 4.69) is 37.4 Å². The minimum absolute atomic E-state index is 0.242. The van der Waals surface area contributed by atoms with Crippen LogP contribution in [0.1, 0.15) is 35.6 Å². The third kappa shape index (κ3) is 2.21. The largest absolute Gasteiger partial charge is 0.387 e. The molecule has 0 radical (unpaired) electrons. The van der Waals surface area contributed by atoms with Crippen LogP contribution in [0.2, 0.25) is 0 Å². The standard InChI is InChI=1S/C13H19NO/c1-9-5-6-11(10(2)8-9)13(15)12-4-3-7-14-12/h5-6,8,12-15H,3-4,7H2,1-2H3. The Morgan fingerprint density at radius 2 is 2.20 bits per heavy atom. The minimum Gasteiger partial charge on any atom is -0.387 e. The van der Waals surface area contributed by atoms with Gasteiger partial charge in [-0.1, -0.05) is 23.8 Å². The maximum Gasteiger partial charge on any atom is 0.0945 e. The van der Waals surface area contributed by atoms with Gasteiger partial charge in [-0.05, 0) is 44.4 Å². The zero-order valence-electron chi connectivity index (χ0n) is 9.46. The summed E-state index contributed by atoms with van der Waals surface area (Å²) in [5.74, 6) is 0. The van der Waals surface area contributed by atoms with Crippen molar-refractivity contribution < 1.29 is 5.11 Å². The van der Waals surface area contributed by atoms with Crippen LogP contribution < -0.4 is 5.32 Å². The summed E-state index contributed by atoms with van der Waals surface area (Å²) >= 11 is 0. The highest BCUT2D eigenvalue weighted by atomic mass is 16.3. The highest BCUT2D eigenvalue weighted by Gasteiger charge is 2.24. The molecule has 1 aromatic rings. The quantitative estimate of drug-likeness (QED) is 0.775. The molecule has 1 aliphatic heterocycles. The molecule has 2 N–H and O–H groups in total. The van der Waals surface area contributed by atoms with Gasteiger partial charge in [0.05, 0.1) is 6.10 Å². The number of nitrogens with one attached hydrogen (secondary N) is 1. The molecule has 1 saturated heterocycles. The van der Waals surface area contributed by atoms with Crippen molar-refractivity contribution in [3.8, 4) is 0 Å². The van der Waals surface area contributed by atoms with E-state index in [4.69, 9.17) is 0 Å². The normalized spacial score (nSPS) is 23.0. The Morgan fingerprint density at radius 3 is 2.80 bits per heavy atom. The number of aryl methyl sites for hydroxylation is 2. The van der Waals surface area contributed by atoms with Gasteiger partial charge < -0.3 is 10.4 Å². The Morgan fingerprint density at radius 1 is 1.40 bits per heavy atom. The van der Waals surface area contributed by atoms with Crippen LogP contribution in [0.3, 0.4) is 0 Å². The van der Waals surface area contributed by atoms with Crippen molar-refractivity contribution in [2.24, 2.45) is 0 Å². The van der Waals surface area contributed by atoms with Crippen LogP contribution >= 0.6 is 0 Å². The molecule has 2 unspecified atom stereocenters. The summed E-state index contributed by atoms with van der Waals surface area (Å²) < 4.78 is 0. The van der Waals surface area contributed by atoms with Gasteiger partial charge in [-0.3, -0.25) is 0 Å². The van der Waals surface area contributed by atoms with E-state index in [1.54, 1.807) is 0 Å². The number of aliphatic hydroxyl groups excluding tert-OH is 1. The molecule has 15 heavy (non-hydrogen) atoms. The summed E-state index contributed by atoms with van der Waals surface area (Å²) in [7, 11) is 0. The molecule has 0 saturated carbocycles. The number of rotatable bonds is 2. The molecule has 1 heterocycles. The third-order valence-electron chi connectivity index (χ3n) is 3.22. The predicted molar refractivity (Wildman–Crippen MR) is 61.9 cm³/mol. The highest BCUT2D eigenvalue weighted by molar-refractivity contribution is 5.32. The van der Waals surface area contributed by atoms with E-state index in [0.29, 0.717) is 0 Å². The van der Waals surface area contributed by atoms with E-state index in [9.17, 15) is 5.11 Å². The third-order valence-corrected chi connectivity index (χ3v) is 3.22. The van der Waals surface area contributed by atoms with Crippen LogP contribution in [0.15, 0.2) is 18.2 Å². The fourth-order valence-corrected chi connectivity index (χ4v) is 2.36. The molecular weight excluding hydrogens is 186 g/mol. The Labute approximate surface area is 91.3 Å². The van der Waals surface area contributed by atoms with Gasteiger partial charge in [0.1, 0.15) is 0 Å². The number of aliphatic hydroxyl groups is 1. The molecule has 0 aromatic heterocycles. The highest BCUT2D eigenvalue weighted by Crippen LogP contribution is 2.25. The van der Waals surface area contributed by atoms with Gasteiger partial charge in [-0.2, -0.15) is 0 Å². The van der Waals surface area contributed by atoms with Crippen LogP contribution in [0.25, 0.3) is 0 Å². The van der Waals surface area contributed by atoms with Crippen LogP contribution in [0.5, 0.6) is 0 Å². The smallest absolute Gasteiger partial charge is 0.0945 e. The molecule has 2 atom stereocenters. The summed E-state index contributed by atoms with van der Waals surface area (Å²) in [5, 5.41) is 13.6. The van der Waals surface area contributed by atoms with E-state index in [-0.39, 0.29) is 12.1 Å². The molecule has 2 nitrogen and oxygen atoms in total. The van der Waals surface area contributed by atoms with Gasteiger partial charge in [0.25, 0.3) is 0 Å². The molecule has 0 amide bonds.